The summed E-state index contributed by atoms with van der Waals surface area (Å²) in [6, 6.07) is 0. The van der Waals surface area contributed by atoms with E-state index in [0.717, 1.165) is 26.3 Å². The highest BCUT2D eigenvalue weighted by molar-refractivity contribution is 5.61. The minimum atomic E-state index is 0.739. The fourth-order valence-corrected chi connectivity index (χ4v) is 0.749. The van der Waals surface area contributed by atoms with Crippen molar-refractivity contribution in [3.8, 4) is 0 Å². The van der Waals surface area contributed by atoms with E-state index in [1.807, 2.05) is 6.21 Å². The summed E-state index contributed by atoms with van der Waals surface area (Å²) in [5, 5.41) is 0. The Morgan fingerprint density at radius 1 is 1.75 bits per heavy atom. The number of nitrogens with zero attached hydrogens (tertiary/aromatic N) is 2. The second kappa shape index (κ2) is 2.79. The van der Waals surface area contributed by atoms with E-state index in [1.54, 1.807) is 0 Å². The van der Waals surface area contributed by atoms with Gasteiger partial charge in [-0.2, -0.15) is 0 Å². The predicted molar refractivity (Wildman–Crippen MR) is 34.0 cm³/mol. The van der Waals surface area contributed by atoms with Gasteiger partial charge in [-0.3, -0.25) is 9.89 Å². The Labute approximate surface area is 49.2 Å². The van der Waals surface area contributed by atoms with Crippen molar-refractivity contribution >= 4 is 6.21 Å². The van der Waals surface area contributed by atoms with Gasteiger partial charge in [0, 0.05) is 25.8 Å². The molecule has 3 nitrogen and oxygen atoms in total. The molecule has 0 fully saturated rings. The Morgan fingerprint density at radius 3 is 3.12 bits per heavy atom. The molecule has 8 heavy (non-hydrogen) atoms. The molecule has 0 spiro atoms. The van der Waals surface area contributed by atoms with Crippen LogP contribution in [0.1, 0.15) is 0 Å². The van der Waals surface area contributed by atoms with Crippen LogP contribution in [0, 0.1) is 0 Å². The Morgan fingerprint density at radius 2 is 2.62 bits per heavy atom. The molecule has 0 aromatic heterocycles. The van der Waals surface area contributed by atoms with Gasteiger partial charge >= 0.3 is 0 Å². The largest absolute Gasteiger partial charge is 0.329 e. The van der Waals surface area contributed by atoms with Crippen LogP contribution in [0.4, 0.5) is 0 Å². The number of nitrogens with two attached hydrogens (primary N) is 1. The summed E-state index contributed by atoms with van der Waals surface area (Å²) in [7, 11) is 0. The molecule has 0 unspecified atom stereocenters. The molecule has 3 heteroatoms. The van der Waals surface area contributed by atoms with Crippen LogP contribution in [0.25, 0.3) is 0 Å². The van der Waals surface area contributed by atoms with E-state index >= 15 is 0 Å². The van der Waals surface area contributed by atoms with E-state index in [2.05, 4.69) is 9.89 Å². The summed E-state index contributed by atoms with van der Waals surface area (Å²) in [5.41, 5.74) is 5.31. The second-order valence-electron chi connectivity index (χ2n) is 1.87. The van der Waals surface area contributed by atoms with Gasteiger partial charge in [0.15, 0.2) is 0 Å². The lowest BCUT2D eigenvalue weighted by molar-refractivity contribution is 0.353. The second-order valence-corrected chi connectivity index (χ2v) is 1.87. The number of aliphatic imine (C=N–C) groups is 1. The summed E-state index contributed by atoms with van der Waals surface area (Å²) in [6.45, 7) is 3.54. The average molecular weight is 113 g/mol. The van der Waals surface area contributed by atoms with Gasteiger partial charge in [-0.15, -0.1) is 0 Å². The first kappa shape index (κ1) is 5.72. The van der Waals surface area contributed by atoms with Crippen LogP contribution < -0.4 is 5.73 Å². The van der Waals surface area contributed by atoms with Gasteiger partial charge in [-0.05, 0) is 0 Å². The Balaban J connectivity index is 2.10. The first-order chi connectivity index (χ1) is 3.93. The highest BCUT2D eigenvalue weighted by atomic mass is 15.2. The highest BCUT2D eigenvalue weighted by Gasteiger charge is 2.03. The maximum absolute atomic E-state index is 5.31. The fraction of sp³-hybridized carbons (Fsp3) is 0.800. The summed E-state index contributed by atoms with van der Waals surface area (Å²) in [6.07, 6.45) is 1.93. The molecule has 46 valence electrons. The maximum Gasteiger partial charge on any atom is 0.0909 e. The summed E-state index contributed by atoms with van der Waals surface area (Å²) in [5.74, 6) is 0. The van der Waals surface area contributed by atoms with Crippen molar-refractivity contribution in [3.05, 3.63) is 0 Å². The lowest BCUT2D eigenvalue weighted by Gasteiger charge is -2.09. The van der Waals surface area contributed by atoms with Crippen LogP contribution in [0.5, 0.6) is 0 Å². The third-order valence-corrected chi connectivity index (χ3v) is 1.20. The molecule has 0 aromatic carbocycles. The molecule has 0 atom stereocenters. The van der Waals surface area contributed by atoms with E-state index in [1.165, 1.54) is 0 Å². The minimum absolute atomic E-state index is 0.739. The van der Waals surface area contributed by atoms with Crippen LogP contribution >= 0.6 is 0 Å². The van der Waals surface area contributed by atoms with E-state index in [4.69, 9.17) is 5.73 Å². The number of hydrogen-bond donors (Lipinski definition) is 1. The topological polar surface area (TPSA) is 41.6 Å². The molecular formula is C5H11N3. The smallest absolute Gasteiger partial charge is 0.0909 e. The van der Waals surface area contributed by atoms with Crippen molar-refractivity contribution in [1.82, 2.24) is 4.90 Å². The molecule has 0 bridgehead atoms. The summed E-state index contributed by atoms with van der Waals surface area (Å²) in [4.78, 5) is 6.22. The first-order valence-electron chi connectivity index (χ1n) is 2.84. The van der Waals surface area contributed by atoms with Crippen molar-refractivity contribution in [1.29, 1.82) is 0 Å². The van der Waals surface area contributed by atoms with Crippen molar-refractivity contribution < 1.29 is 0 Å². The zero-order valence-electron chi connectivity index (χ0n) is 4.88. The molecule has 1 rings (SSSR count). The molecular weight excluding hydrogens is 102 g/mol. The van der Waals surface area contributed by atoms with E-state index in [9.17, 15) is 0 Å². The summed E-state index contributed by atoms with van der Waals surface area (Å²) >= 11 is 0. The average Bonchev–Trinajstić information content (AvgIpc) is 2.19. The van der Waals surface area contributed by atoms with Gasteiger partial charge in [0.1, 0.15) is 0 Å². The number of hydrogen-bond acceptors (Lipinski definition) is 3. The normalized spacial score (nSPS) is 20.1. The summed E-state index contributed by atoms with van der Waals surface area (Å²) < 4.78 is 0. The predicted octanol–water partition coefficient (Wildman–Crippen LogP) is -0.711. The molecule has 0 radical (unpaired) electrons. The van der Waals surface area contributed by atoms with Gasteiger partial charge in [0.05, 0.1) is 6.67 Å². The third kappa shape index (κ3) is 1.28. The monoisotopic (exact) mass is 113 g/mol. The molecule has 0 saturated heterocycles. The van der Waals surface area contributed by atoms with Gasteiger partial charge in [-0.1, -0.05) is 0 Å². The zero-order valence-corrected chi connectivity index (χ0v) is 4.88. The first-order valence-corrected chi connectivity index (χ1v) is 2.84. The van der Waals surface area contributed by atoms with Crippen LogP contribution in [-0.4, -0.2) is 37.4 Å². The van der Waals surface area contributed by atoms with E-state index < -0.39 is 0 Å². The molecule has 0 saturated carbocycles. The lowest BCUT2D eigenvalue weighted by atomic mass is 10.5. The minimum Gasteiger partial charge on any atom is -0.329 e. The number of rotatable bonds is 2. The van der Waals surface area contributed by atoms with Crippen LogP contribution in [-0.2, 0) is 0 Å². The Kier molecular flexibility index (Phi) is 2.00. The highest BCUT2D eigenvalue weighted by Crippen LogP contribution is 1.90. The Bertz CT molecular complexity index is 81.7. The van der Waals surface area contributed by atoms with Gasteiger partial charge in [-0.25, -0.2) is 0 Å². The Hall–Kier alpha value is -0.410. The lowest BCUT2D eigenvalue weighted by Crippen LogP contribution is -2.27. The van der Waals surface area contributed by atoms with Gasteiger partial charge < -0.3 is 5.73 Å². The molecule has 2 N–H and O–H groups in total. The quantitative estimate of drug-likeness (QED) is 0.514. The zero-order chi connectivity index (χ0) is 5.82. The van der Waals surface area contributed by atoms with Crippen molar-refractivity contribution in [3.63, 3.8) is 0 Å². The molecule has 1 aliphatic heterocycles. The van der Waals surface area contributed by atoms with Crippen molar-refractivity contribution in [2.24, 2.45) is 10.7 Å². The van der Waals surface area contributed by atoms with Crippen molar-refractivity contribution in [2.45, 2.75) is 0 Å². The third-order valence-electron chi connectivity index (χ3n) is 1.20. The van der Waals surface area contributed by atoms with E-state index in [0.29, 0.717) is 0 Å². The SMILES string of the molecule is NCCN1CC=NC1. The molecule has 1 aliphatic rings. The van der Waals surface area contributed by atoms with Crippen LogP contribution in [0.15, 0.2) is 4.99 Å². The molecule has 1 heterocycles. The van der Waals surface area contributed by atoms with E-state index in [-0.39, 0.29) is 0 Å². The fourth-order valence-electron chi connectivity index (χ4n) is 0.749. The van der Waals surface area contributed by atoms with Gasteiger partial charge in [0.25, 0.3) is 0 Å². The van der Waals surface area contributed by atoms with Crippen molar-refractivity contribution in [2.75, 3.05) is 26.3 Å². The van der Waals surface area contributed by atoms with Crippen LogP contribution in [0.3, 0.4) is 0 Å². The molecule has 0 aromatic rings. The van der Waals surface area contributed by atoms with Gasteiger partial charge in [0.2, 0.25) is 0 Å². The standard InChI is InChI=1S/C5H11N3/c6-1-3-8-4-2-7-5-8/h2H,1,3-6H2. The molecule has 0 amide bonds. The van der Waals surface area contributed by atoms with Crippen LogP contribution in [0.2, 0.25) is 0 Å². The maximum atomic E-state index is 5.31. The molecule has 0 aliphatic carbocycles.